The smallest absolute Gasteiger partial charge is 0.391 e. The molecule has 0 amide bonds. The quantitative estimate of drug-likeness (QED) is 0.419. The van der Waals surface area contributed by atoms with Crippen LogP contribution in [0.4, 0.5) is 17.6 Å². The second-order valence-corrected chi connectivity index (χ2v) is 8.08. The summed E-state index contributed by atoms with van der Waals surface area (Å²) in [6, 6.07) is 7.48. The molecule has 7 nitrogen and oxygen atoms in total. The van der Waals surface area contributed by atoms with E-state index in [0.717, 1.165) is 17.8 Å². The van der Waals surface area contributed by atoms with E-state index >= 15 is 0 Å². The van der Waals surface area contributed by atoms with E-state index in [2.05, 4.69) is 26.1 Å². The number of alkyl halides is 3. The van der Waals surface area contributed by atoms with Crippen LogP contribution in [-0.4, -0.2) is 27.8 Å². The maximum absolute atomic E-state index is 13.3. The largest absolute Gasteiger partial charge is 0.479 e. The van der Waals surface area contributed by atoms with Crippen molar-refractivity contribution in [3.63, 3.8) is 0 Å². The first-order valence-corrected chi connectivity index (χ1v) is 10.7. The molecule has 0 saturated carbocycles. The van der Waals surface area contributed by atoms with Gasteiger partial charge in [-0.3, -0.25) is 10.9 Å². The van der Waals surface area contributed by atoms with E-state index in [1.165, 1.54) is 19.2 Å². The van der Waals surface area contributed by atoms with Crippen LogP contribution in [0, 0.1) is 12.7 Å². The maximum atomic E-state index is 13.3. The van der Waals surface area contributed by atoms with Crippen molar-refractivity contribution < 1.29 is 22.3 Å². The molecule has 3 heterocycles. The number of allylic oxidation sites excluding steroid dienone is 2. The molecule has 35 heavy (non-hydrogen) atoms. The number of benzene rings is 1. The summed E-state index contributed by atoms with van der Waals surface area (Å²) in [6.45, 7) is 3.63. The predicted octanol–water partition coefficient (Wildman–Crippen LogP) is 4.69. The van der Waals surface area contributed by atoms with Crippen molar-refractivity contribution in [1.82, 2.24) is 30.7 Å². The molecule has 0 unspecified atom stereocenters. The van der Waals surface area contributed by atoms with E-state index in [1.54, 1.807) is 30.0 Å². The number of aromatic nitrogens is 3. The second-order valence-electron chi connectivity index (χ2n) is 8.08. The number of imidazole rings is 1. The predicted molar refractivity (Wildman–Crippen MR) is 123 cm³/mol. The van der Waals surface area contributed by atoms with Crippen LogP contribution in [-0.2, 0) is 0 Å². The van der Waals surface area contributed by atoms with Crippen molar-refractivity contribution in [3.8, 4) is 11.6 Å². The molecule has 0 aliphatic carbocycles. The van der Waals surface area contributed by atoms with Crippen LogP contribution in [0.25, 0.3) is 11.4 Å². The Hall–Kier alpha value is -4.02. The summed E-state index contributed by atoms with van der Waals surface area (Å²) in [5.74, 6) is 0.233. The molecule has 1 aliphatic rings. The standard InChI is InChI=1S/C24H24F4N6O/c1-14-10-19(18-8-9-21(23(31-18)35-3)34-12-15(2)29-13-34)32-33-22(14)30-20(11-24(26,27)28)16-4-6-17(25)7-5-16/h4-10,12-13,20,30,32-33H,11H2,1-3H3/t20-/m0/s1. The van der Waals surface area contributed by atoms with Gasteiger partial charge in [-0.05, 0) is 55.3 Å². The van der Waals surface area contributed by atoms with Gasteiger partial charge in [0.1, 0.15) is 17.3 Å². The number of hydrazine groups is 1. The number of hydrogen-bond donors (Lipinski definition) is 3. The highest BCUT2D eigenvalue weighted by molar-refractivity contribution is 5.67. The Morgan fingerprint density at radius 2 is 1.83 bits per heavy atom. The first kappa shape index (κ1) is 24.1. The Kier molecular flexibility index (Phi) is 6.68. The molecule has 0 bridgehead atoms. The van der Waals surface area contributed by atoms with Gasteiger partial charge in [-0.15, -0.1) is 0 Å². The fourth-order valence-electron chi connectivity index (χ4n) is 3.68. The minimum Gasteiger partial charge on any atom is -0.479 e. The van der Waals surface area contributed by atoms with Crippen LogP contribution >= 0.6 is 0 Å². The SMILES string of the molecule is COc1nc(C2=CC(C)=C(N[C@@H](CC(F)(F)F)c3ccc(F)cc3)NN2)ccc1-n1cnc(C)c1. The van der Waals surface area contributed by atoms with Crippen LogP contribution in [0.3, 0.4) is 0 Å². The molecule has 0 saturated heterocycles. The second kappa shape index (κ2) is 9.69. The van der Waals surface area contributed by atoms with Crippen molar-refractivity contribution in [2.45, 2.75) is 32.5 Å². The van der Waals surface area contributed by atoms with Crippen LogP contribution in [0.5, 0.6) is 5.88 Å². The zero-order valence-electron chi connectivity index (χ0n) is 19.2. The lowest BCUT2D eigenvalue weighted by Gasteiger charge is -2.28. The summed E-state index contributed by atoms with van der Waals surface area (Å²) >= 11 is 0. The third-order valence-corrected chi connectivity index (χ3v) is 5.40. The number of hydrogen-bond acceptors (Lipinski definition) is 6. The number of aryl methyl sites for hydroxylation is 1. The number of pyridine rings is 1. The molecule has 0 radical (unpaired) electrons. The molecule has 0 spiro atoms. The third kappa shape index (κ3) is 5.73. The Labute approximate surface area is 199 Å². The molecule has 1 aliphatic heterocycles. The fourth-order valence-corrected chi connectivity index (χ4v) is 3.68. The lowest BCUT2D eigenvalue weighted by atomic mass is 10.0. The van der Waals surface area contributed by atoms with Gasteiger partial charge in [0, 0.05) is 6.20 Å². The van der Waals surface area contributed by atoms with E-state index in [0.29, 0.717) is 39.9 Å². The Morgan fingerprint density at radius 3 is 2.43 bits per heavy atom. The summed E-state index contributed by atoms with van der Waals surface area (Å²) in [6.07, 6.45) is -0.266. The van der Waals surface area contributed by atoms with Crippen molar-refractivity contribution >= 4 is 5.70 Å². The van der Waals surface area contributed by atoms with Gasteiger partial charge in [-0.25, -0.2) is 14.4 Å². The summed E-state index contributed by atoms with van der Waals surface area (Å²) in [4.78, 5) is 8.77. The van der Waals surface area contributed by atoms with E-state index in [9.17, 15) is 17.6 Å². The first-order valence-electron chi connectivity index (χ1n) is 10.7. The number of methoxy groups -OCH3 is 1. The van der Waals surface area contributed by atoms with Crippen molar-refractivity contribution in [1.29, 1.82) is 0 Å². The van der Waals surface area contributed by atoms with Gasteiger partial charge in [0.25, 0.3) is 0 Å². The number of rotatable bonds is 7. The van der Waals surface area contributed by atoms with Crippen molar-refractivity contribution in [2.75, 3.05) is 7.11 Å². The third-order valence-electron chi connectivity index (χ3n) is 5.40. The molecule has 4 rings (SSSR count). The maximum Gasteiger partial charge on any atom is 0.391 e. The fraction of sp³-hybridized carbons (Fsp3) is 0.250. The molecular formula is C24H24F4N6O. The summed E-state index contributed by atoms with van der Waals surface area (Å²) in [5.41, 5.74) is 9.60. The Balaban J connectivity index is 1.59. The van der Waals surface area contributed by atoms with Crippen LogP contribution in [0.2, 0.25) is 0 Å². The van der Waals surface area contributed by atoms with Gasteiger partial charge >= 0.3 is 6.18 Å². The number of nitrogens with zero attached hydrogens (tertiary/aromatic N) is 3. The minimum absolute atomic E-state index is 0.317. The minimum atomic E-state index is -4.42. The topological polar surface area (TPSA) is 76.0 Å². The molecule has 0 fully saturated rings. The van der Waals surface area contributed by atoms with Gasteiger partial charge in [-0.1, -0.05) is 12.1 Å². The normalized spacial score (nSPS) is 14.7. The molecule has 3 N–H and O–H groups in total. The number of nitrogens with one attached hydrogen (secondary N) is 3. The Morgan fingerprint density at radius 1 is 1.09 bits per heavy atom. The summed E-state index contributed by atoms with van der Waals surface area (Å²) < 4.78 is 60.2. The zero-order valence-corrected chi connectivity index (χ0v) is 19.2. The average Bonchev–Trinajstić information content (AvgIpc) is 3.25. The highest BCUT2D eigenvalue weighted by Crippen LogP contribution is 2.31. The van der Waals surface area contributed by atoms with Gasteiger partial charge in [0.2, 0.25) is 5.88 Å². The monoisotopic (exact) mass is 488 g/mol. The lowest BCUT2D eigenvalue weighted by Crippen LogP contribution is -2.41. The average molecular weight is 488 g/mol. The Bertz CT molecular complexity index is 1260. The van der Waals surface area contributed by atoms with E-state index < -0.39 is 24.5 Å². The van der Waals surface area contributed by atoms with Gasteiger partial charge < -0.3 is 14.6 Å². The molecule has 1 atom stereocenters. The van der Waals surface area contributed by atoms with E-state index in [1.807, 2.05) is 19.2 Å². The molecule has 1 aromatic carbocycles. The summed E-state index contributed by atoms with van der Waals surface area (Å²) in [5, 5.41) is 2.89. The number of ether oxygens (including phenoxy) is 1. The van der Waals surface area contributed by atoms with Gasteiger partial charge in [0.05, 0.1) is 43.0 Å². The van der Waals surface area contributed by atoms with Crippen LogP contribution < -0.4 is 20.9 Å². The van der Waals surface area contributed by atoms with Crippen molar-refractivity contribution in [2.24, 2.45) is 0 Å². The van der Waals surface area contributed by atoms with Gasteiger partial charge in [0.15, 0.2) is 0 Å². The number of halogens is 4. The van der Waals surface area contributed by atoms with Crippen LogP contribution in [0.15, 0.2) is 66.4 Å². The zero-order chi connectivity index (χ0) is 25.2. The summed E-state index contributed by atoms with van der Waals surface area (Å²) in [7, 11) is 1.52. The van der Waals surface area contributed by atoms with Crippen LogP contribution in [0.1, 0.15) is 36.3 Å². The van der Waals surface area contributed by atoms with Crippen molar-refractivity contribution in [3.05, 3.63) is 89.2 Å². The molecule has 3 aromatic rings. The molecule has 11 heteroatoms. The molecular weight excluding hydrogens is 464 g/mol. The molecule has 184 valence electrons. The highest BCUT2D eigenvalue weighted by atomic mass is 19.4. The molecule has 2 aromatic heterocycles. The van der Waals surface area contributed by atoms with E-state index in [4.69, 9.17) is 4.74 Å². The lowest BCUT2D eigenvalue weighted by molar-refractivity contribution is -0.140. The first-order chi connectivity index (χ1) is 16.6. The van der Waals surface area contributed by atoms with E-state index in [-0.39, 0.29) is 0 Å². The van der Waals surface area contributed by atoms with Gasteiger partial charge in [-0.2, -0.15) is 13.2 Å². The highest BCUT2D eigenvalue weighted by Gasteiger charge is 2.33.